The smallest absolute Gasteiger partial charge is 0.0532 e. The third-order valence-electron chi connectivity index (χ3n) is 4.84. The Bertz CT molecular complexity index is 168. The van der Waals surface area contributed by atoms with E-state index in [-0.39, 0.29) is 0 Å². The van der Waals surface area contributed by atoms with Crippen LogP contribution in [0.3, 0.4) is 0 Å². The van der Waals surface area contributed by atoms with Gasteiger partial charge >= 0.3 is 0 Å². The molecule has 0 aromatic carbocycles. The molecule has 0 unspecified atom stereocenters. The van der Waals surface area contributed by atoms with Crippen LogP contribution in [0.4, 0.5) is 0 Å². The fourth-order valence-corrected chi connectivity index (χ4v) is 5.44. The van der Waals surface area contributed by atoms with Crippen molar-refractivity contribution in [1.29, 1.82) is 0 Å². The number of hydrogen-bond donors (Lipinski definition) is 0. The summed E-state index contributed by atoms with van der Waals surface area (Å²) in [5, 5.41) is 0.583. The average molecular weight is 228 g/mol. The maximum absolute atomic E-state index is 2.58. The largest absolute Gasteiger partial charge is 0.0690 e. The van der Waals surface area contributed by atoms with Crippen LogP contribution in [0.2, 0.25) is 24.2 Å². The summed E-state index contributed by atoms with van der Waals surface area (Å²) in [5.41, 5.74) is 0. The van der Waals surface area contributed by atoms with Crippen molar-refractivity contribution in [3.05, 3.63) is 0 Å². The molecule has 0 rings (SSSR count). The first-order valence-electron chi connectivity index (χ1n) is 6.75. The van der Waals surface area contributed by atoms with E-state index < -0.39 is 8.07 Å². The fraction of sp³-hybridized carbons (Fsp3) is 1.00. The van der Waals surface area contributed by atoms with E-state index in [4.69, 9.17) is 0 Å². The molecule has 0 atom stereocenters. The van der Waals surface area contributed by atoms with Crippen molar-refractivity contribution in [2.24, 2.45) is 5.92 Å². The van der Waals surface area contributed by atoms with Gasteiger partial charge in [0.05, 0.1) is 8.07 Å². The lowest BCUT2D eigenvalue weighted by Gasteiger charge is -2.43. The van der Waals surface area contributed by atoms with E-state index in [1.165, 1.54) is 31.7 Å². The Morgan fingerprint density at radius 2 is 1.53 bits per heavy atom. The molecule has 0 heterocycles. The fourth-order valence-electron chi connectivity index (χ4n) is 2.10. The Morgan fingerprint density at radius 1 is 1.00 bits per heavy atom. The van der Waals surface area contributed by atoms with Crippen molar-refractivity contribution in [3.63, 3.8) is 0 Å². The first-order valence-corrected chi connectivity index (χ1v) is 9.96. The van der Waals surface area contributed by atoms with Gasteiger partial charge in [-0.2, -0.15) is 0 Å². The van der Waals surface area contributed by atoms with Crippen molar-refractivity contribution in [2.45, 2.75) is 84.5 Å². The van der Waals surface area contributed by atoms with Gasteiger partial charge in [0.1, 0.15) is 0 Å². The van der Waals surface area contributed by atoms with E-state index in [2.05, 4.69) is 47.7 Å². The Morgan fingerprint density at radius 3 is 1.93 bits per heavy atom. The molecule has 0 fully saturated rings. The Labute approximate surface area is 98.9 Å². The van der Waals surface area contributed by atoms with E-state index in [9.17, 15) is 0 Å². The van der Waals surface area contributed by atoms with Gasteiger partial charge in [0.15, 0.2) is 0 Å². The van der Waals surface area contributed by atoms with Crippen molar-refractivity contribution < 1.29 is 0 Å². The van der Waals surface area contributed by atoms with Crippen LogP contribution >= 0.6 is 0 Å². The number of hydrogen-bond acceptors (Lipinski definition) is 0. The molecule has 0 spiro atoms. The SMILES string of the molecule is CCCCCC[Si](C)(C)C(C)(C)C(C)C. The average Bonchev–Trinajstić information content (AvgIpc) is 2.12. The summed E-state index contributed by atoms with van der Waals surface area (Å²) in [5.74, 6) is 0.824. The second kappa shape index (κ2) is 6.08. The first-order chi connectivity index (χ1) is 6.75. The summed E-state index contributed by atoms with van der Waals surface area (Å²) >= 11 is 0. The Balaban J connectivity index is 4.16. The topological polar surface area (TPSA) is 0 Å². The van der Waals surface area contributed by atoms with Crippen LogP contribution in [0.1, 0.15) is 60.3 Å². The van der Waals surface area contributed by atoms with E-state index in [1.54, 1.807) is 0 Å². The van der Waals surface area contributed by atoms with Gasteiger partial charge in [0.2, 0.25) is 0 Å². The molecule has 0 N–H and O–H groups in total. The van der Waals surface area contributed by atoms with Gasteiger partial charge < -0.3 is 0 Å². The number of rotatable bonds is 7. The minimum absolute atomic E-state index is 0.583. The summed E-state index contributed by atoms with van der Waals surface area (Å²) in [6.45, 7) is 17.2. The molecule has 0 aromatic rings. The molecule has 92 valence electrons. The highest BCUT2D eigenvalue weighted by molar-refractivity contribution is 6.80. The molecule has 0 saturated carbocycles. The number of unbranched alkanes of at least 4 members (excludes halogenated alkanes) is 3. The summed E-state index contributed by atoms with van der Waals surface area (Å²) in [7, 11) is -1.04. The highest BCUT2D eigenvalue weighted by atomic mass is 28.3. The minimum atomic E-state index is -1.04. The van der Waals surface area contributed by atoms with E-state index >= 15 is 0 Å². The molecule has 1 heteroatoms. The molecule has 0 aromatic heterocycles. The van der Waals surface area contributed by atoms with Crippen molar-refractivity contribution in [3.8, 4) is 0 Å². The molecule has 0 radical (unpaired) electrons. The van der Waals surface area contributed by atoms with Crippen LogP contribution < -0.4 is 0 Å². The summed E-state index contributed by atoms with van der Waals surface area (Å²) in [4.78, 5) is 0. The predicted octanol–water partition coefficient (Wildman–Crippen LogP) is 5.71. The molecule has 0 amide bonds. The lowest BCUT2D eigenvalue weighted by Crippen LogP contribution is -2.41. The van der Waals surface area contributed by atoms with Gasteiger partial charge in [-0.05, 0) is 11.0 Å². The lowest BCUT2D eigenvalue weighted by atomic mass is 9.99. The molecule has 15 heavy (non-hydrogen) atoms. The van der Waals surface area contributed by atoms with Gasteiger partial charge in [-0.15, -0.1) is 0 Å². The van der Waals surface area contributed by atoms with E-state index in [0.717, 1.165) is 5.92 Å². The highest BCUT2D eigenvalue weighted by Gasteiger charge is 2.40. The maximum atomic E-state index is 2.58. The summed E-state index contributed by atoms with van der Waals surface area (Å²) in [6.07, 6.45) is 5.69. The van der Waals surface area contributed by atoms with E-state index in [0.29, 0.717) is 5.04 Å². The van der Waals surface area contributed by atoms with Crippen LogP contribution in [-0.2, 0) is 0 Å². The molecular weight excluding hydrogens is 196 g/mol. The minimum Gasteiger partial charge on any atom is -0.0690 e. The Hall–Kier alpha value is 0.217. The van der Waals surface area contributed by atoms with Crippen LogP contribution in [0.5, 0.6) is 0 Å². The van der Waals surface area contributed by atoms with Gasteiger partial charge in [-0.25, -0.2) is 0 Å². The zero-order valence-electron chi connectivity index (χ0n) is 12.1. The zero-order valence-corrected chi connectivity index (χ0v) is 13.1. The lowest BCUT2D eigenvalue weighted by molar-refractivity contribution is 0.454. The quantitative estimate of drug-likeness (QED) is 0.387. The standard InChI is InChI=1S/C14H32Si/c1-8-9-10-11-12-15(6,7)14(4,5)13(2)3/h13H,8-12H2,1-7H3. The monoisotopic (exact) mass is 228 g/mol. The van der Waals surface area contributed by atoms with Gasteiger partial charge in [-0.3, -0.25) is 0 Å². The van der Waals surface area contributed by atoms with Crippen LogP contribution in [0.15, 0.2) is 0 Å². The molecule has 0 aliphatic rings. The predicted molar refractivity (Wildman–Crippen MR) is 75.3 cm³/mol. The van der Waals surface area contributed by atoms with Crippen LogP contribution in [-0.4, -0.2) is 8.07 Å². The van der Waals surface area contributed by atoms with Crippen molar-refractivity contribution in [2.75, 3.05) is 0 Å². The second-order valence-electron chi connectivity index (χ2n) is 6.57. The van der Waals surface area contributed by atoms with Crippen LogP contribution in [0, 0.1) is 5.92 Å². The molecule has 0 aliphatic heterocycles. The third kappa shape index (κ3) is 4.30. The van der Waals surface area contributed by atoms with E-state index in [1.807, 2.05) is 0 Å². The first kappa shape index (κ1) is 15.2. The second-order valence-corrected chi connectivity index (χ2v) is 12.1. The summed E-state index contributed by atoms with van der Waals surface area (Å²) in [6, 6.07) is 1.51. The normalized spacial score (nSPS) is 13.6. The summed E-state index contributed by atoms with van der Waals surface area (Å²) < 4.78 is 0. The molecule has 0 nitrogen and oxygen atoms in total. The van der Waals surface area contributed by atoms with Gasteiger partial charge in [-0.1, -0.05) is 79.4 Å². The third-order valence-corrected chi connectivity index (χ3v) is 10.5. The molecule has 0 bridgehead atoms. The highest BCUT2D eigenvalue weighted by Crippen LogP contribution is 2.46. The molecule has 0 saturated heterocycles. The molecule has 0 aliphatic carbocycles. The maximum Gasteiger partial charge on any atom is 0.0532 e. The van der Waals surface area contributed by atoms with Crippen molar-refractivity contribution in [1.82, 2.24) is 0 Å². The van der Waals surface area contributed by atoms with Gasteiger partial charge in [0, 0.05) is 0 Å². The zero-order chi connectivity index (χ0) is 12.1. The Kier molecular flexibility index (Phi) is 6.16. The van der Waals surface area contributed by atoms with Gasteiger partial charge in [0.25, 0.3) is 0 Å². The molecular formula is C14H32Si. The van der Waals surface area contributed by atoms with Crippen molar-refractivity contribution >= 4 is 8.07 Å². The van der Waals surface area contributed by atoms with Crippen LogP contribution in [0.25, 0.3) is 0 Å².